The summed E-state index contributed by atoms with van der Waals surface area (Å²) in [6.45, 7) is 4.86. The lowest BCUT2D eigenvalue weighted by molar-refractivity contribution is 0.0502. The summed E-state index contributed by atoms with van der Waals surface area (Å²) in [5.74, 6) is 1.41. The second kappa shape index (κ2) is 11.3. The molecule has 1 aliphatic rings. The highest BCUT2D eigenvalue weighted by atomic mass is 127. The van der Waals surface area contributed by atoms with E-state index in [1.54, 1.807) is 13.2 Å². The lowest BCUT2D eigenvalue weighted by atomic mass is 10.0. The third-order valence-corrected chi connectivity index (χ3v) is 7.70. The van der Waals surface area contributed by atoms with Gasteiger partial charge in [-0.3, -0.25) is 0 Å². The van der Waals surface area contributed by atoms with Crippen molar-refractivity contribution in [2.24, 2.45) is 5.14 Å². The minimum atomic E-state index is -3.84. The van der Waals surface area contributed by atoms with Gasteiger partial charge < -0.3 is 28.8 Å². The predicted octanol–water partition coefficient (Wildman–Crippen LogP) is 3.22. The second-order valence-corrected chi connectivity index (χ2v) is 10.8. The van der Waals surface area contributed by atoms with Crippen LogP contribution >= 0.6 is 22.6 Å². The maximum absolute atomic E-state index is 11.8. The number of nitrogens with two attached hydrogens (primary N) is 1. The van der Waals surface area contributed by atoms with Crippen molar-refractivity contribution in [2.45, 2.75) is 37.2 Å². The highest BCUT2D eigenvalue weighted by molar-refractivity contribution is 14.1. The zero-order valence-electron chi connectivity index (χ0n) is 19.6. The van der Waals surface area contributed by atoms with Crippen LogP contribution < -0.4 is 24.8 Å². The molecule has 0 unspecified atom stereocenters. The number of halogens is 1. The van der Waals surface area contributed by atoms with E-state index in [0.29, 0.717) is 36.0 Å². The summed E-state index contributed by atoms with van der Waals surface area (Å²) in [7, 11) is -2.27. The van der Waals surface area contributed by atoms with Gasteiger partial charge >= 0.3 is 0 Å². The molecule has 1 aromatic heterocycles. The Balaban J connectivity index is 1.73. The van der Waals surface area contributed by atoms with Gasteiger partial charge in [0.05, 0.1) is 15.1 Å². The molecule has 0 aliphatic carbocycles. The fourth-order valence-electron chi connectivity index (χ4n) is 4.07. The molecule has 190 valence electrons. The van der Waals surface area contributed by atoms with Crippen molar-refractivity contribution in [2.75, 3.05) is 38.5 Å². The van der Waals surface area contributed by atoms with Gasteiger partial charge in [0.25, 0.3) is 6.01 Å². The summed E-state index contributed by atoms with van der Waals surface area (Å²) < 4.78 is 47.3. The van der Waals surface area contributed by atoms with Gasteiger partial charge in [-0.05, 0) is 91.3 Å². The van der Waals surface area contributed by atoms with Gasteiger partial charge in [0.2, 0.25) is 10.0 Å². The molecule has 0 bridgehead atoms. The van der Waals surface area contributed by atoms with Crippen LogP contribution in [0.5, 0.6) is 11.5 Å². The Morgan fingerprint density at radius 1 is 1.20 bits per heavy atom. The average Bonchev–Trinajstić information content (AvgIpc) is 3.26. The molecule has 3 aromatic rings. The van der Waals surface area contributed by atoms with Crippen molar-refractivity contribution < 1.29 is 27.0 Å². The number of sulfonamides is 1. The van der Waals surface area contributed by atoms with Crippen LogP contribution in [0.25, 0.3) is 11.1 Å². The number of hydrogen-bond donors (Lipinski definition) is 2. The summed E-state index contributed by atoms with van der Waals surface area (Å²) in [6, 6.07) is 9.02. The average molecular weight is 616 g/mol. The SMILES string of the molecule is CCOc1cc(CN(c2nc3cc(S(N)(=O)=O)ccc3o2)C2CCNCC2)cc(OCOC)c1I. The third kappa shape index (κ3) is 6.17. The van der Waals surface area contributed by atoms with E-state index < -0.39 is 10.0 Å². The first kappa shape index (κ1) is 25.9. The number of nitrogens with one attached hydrogen (secondary N) is 1. The number of primary sulfonamides is 1. The second-order valence-electron chi connectivity index (χ2n) is 8.17. The molecule has 2 heterocycles. The van der Waals surface area contributed by atoms with Crippen LogP contribution in [0.3, 0.4) is 0 Å². The number of anilines is 1. The van der Waals surface area contributed by atoms with Crippen molar-refractivity contribution in [3.63, 3.8) is 0 Å². The van der Waals surface area contributed by atoms with Crippen LogP contribution in [-0.4, -0.2) is 53.0 Å². The van der Waals surface area contributed by atoms with Gasteiger partial charge in [0, 0.05) is 19.7 Å². The lowest BCUT2D eigenvalue weighted by Crippen LogP contribution is -2.43. The quantitative estimate of drug-likeness (QED) is 0.261. The van der Waals surface area contributed by atoms with Gasteiger partial charge in [0.15, 0.2) is 12.4 Å². The van der Waals surface area contributed by atoms with E-state index in [0.717, 1.165) is 40.8 Å². The Kier molecular flexibility index (Phi) is 8.37. The van der Waals surface area contributed by atoms with Gasteiger partial charge in [-0.15, -0.1) is 0 Å². The van der Waals surface area contributed by atoms with Crippen LogP contribution in [0.4, 0.5) is 6.01 Å². The maximum atomic E-state index is 11.8. The molecule has 1 aliphatic heterocycles. The first-order valence-electron chi connectivity index (χ1n) is 11.3. The van der Waals surface area contributed by atoms with E-state index in [9.17, 15) is 8.42 Å². The number of oxazole rings is 1. The fourth-order valence-corrected chi connectivity index (χ4v) is 5.23. The van der Waals surface area contributed by atoms with E-state index in [-0.39, 0.29) is 17.7 Å². The molecule has 12 heteroatoms. The maximum Gasteiger partial charge on any atom is 0.298 e. The van der Waals surface area contributed by atoms with Gasteiger partial charge in [0.1, 0.15) is 17.0 Å². The van der Waals surface area contributed by atoms with Gasteiger partial charge in [-0.25, -0.2) is 13.6 Å². The molecule has 0 radical (unpaired) electrons. The number of fused-ring (bicyclic) bond motifs is 1. The zero-order valence-corrected chi connectivity index (χ0v) is 22.6. The highest BCUT2D eigenvalue weighted by Crippen LogP contribution is 2.35. The molecule has 3 N–H and O–H groups in total. The zero-order chi connectivity index (χ0) is 25.0. The van der Waals surface area contributed by atoms with Crippen LogP contribution in [0.15, 0.2) is 39.6 Å². The molecule has 2 aromatic carbocycles. The molecule has 0 amide bonds. The Bertz CT molecular complexity index is 1280. The molecule has 0 atom stereocenters. The van der Waals surface area contributed by atoms with Crippen molar-refractivity contribution in [1.29, 1.82) is 0 Å². The van der Waals surface area contributed by atoms with E-state index >= 15 is 0 Å². The van der Waals surface area contributed by atoms with Crippen molar-refractivity contribution in [1.82, 2.24) is 10.3 Å². The number of rotatable bonds is 10. The van der Waals surface area contributed by atoms with Gasteiger partial charge in [-0.1, -0.05) is 0 Å². The van der Waals surface area contributed by atoms with Crippen LogP contribution in [0, 0.1) is 3.57 Å². The molecule has 0 saturated carbocycles. The lowest BCUT2D eigenvalue weighted by Gasteiger charge is -2.33. The number of methoxy groups -OCH3 is 1. The predicted molar refractivity (Wildman–Crippen MR) is 140 cm³/mol. The normalized spacial score (nSPS) is 14.9. The fraction of sp³-hybridized carbons (Fsp3) is 0.435. The standard InChI is InChI=1S/C23H29IN4O6S/c1-3-32-20-10-15(11-21(22(20)24)33-14-31-2)13-28(16-6-8-26-9-7-16)23-27-18-12-17(35(25,29)30)4-5-19(18)34-23/h4-5,10-12,16,26H,3,6-9,13-14H2,1-2H3,(H2,25,29,30). The largest absolute Gasteiger partial charge is 0.493 e. The number of piperidine rings is 1. The summed E-state index contributed by atoms with van der Waals surface area (Å²) in [6.07, 6.45) is 1.83. The van der Waals surface area contributed by atoms with Crippen molar-refractivity contribution >= 4 is 49.7 Å². The summed E-state index contributed by atoms with van der Waals surface area (Å²) in [4.78, 5) is 6.76. The number of nitrogens with zero attached hydrogens (tertiary/aromatic N) is 2. The monoisotopic (exact) mass is 616 g/mol. The summed E-state index contributed by atoms with van der Waals surface area (Å²) in [5, 5.41) is 8.68. The van der Waals surface area contributed by atoms with E-state index in [1.807, 2.05) is 19.1 Å². The van der Waals surface area contributed by atoms with Crippen LogP contribution in [0.1, 0.15) is 25.3 Å². The molecule has 4 rings (SSSR count). The van der Waals surface area contributed by atoms with Crippen molar-refractivity contribution in [3.05, 3.63) is 39.5 Å². The first-order valence-corrected chi connectivity index (χ1v) is 13.9. The molecular formula is C23H29IN4O6S. The Morgan fingerprint density at radius 2 is 1.91 bits per heavy atom. The molecule has 35 heavy (non-hydrogen) atoms. The minimum absolute atomic E-state index is 0.00260. The van der Waals surface area contributed by atoms with E-state index in [4.69, 9.17) is 23.8 Å². The molecular weight excluding hydrogens is 587 g/mol. The summed E-state index contributed by atoms with van der Waals surface area (Å²) >= 11 is 2.21. The van der Waals surface area contributed by atoms with E-state index in [2.05, 4.69) is 37.8 Å². The molecule has 10 nitrogen and oxygen atoms in total. The Labute approximate surface area is 218 Å². The highest BCUT2D eigenvalue weighted by Gasteiger charge is 2.27. The molecule has 1 fully saturated rings. The number of benzene rings is 2. The smallest absolute Gasteiger partial charge is 0.298 e. The Hall–Kier alpha value is -2.13. The van der Waals surface area contributed by atoms with Gasteiger partial charge in [-0.2, -0.15) is 4.98 Å². The van der Waals surface area contributed by atoms with Crippen LogP contribution in [-0.2, 0) is 21.3 Å². The van der Waals surface area contributed by atoms with E-state index in [1.165, 1.54) is 12.1 Å². The number of hydrogen-bond acceptors (Lipinski definition) is 9. The summed E-state index contributed by atoms with van der Waals surface area (Å²) in [5.41, 5.74) is 1.89. The topological polar surface area (TPSA) is 129 Å². The molecule has 0 spiro atoms. The molecule has 1 saturated heterocycles. The first-order chi connectivity index (χ1) is 16.8. The third-order valence-electron chi connectivity index (χ3n) is 5.72. The Morgan fingerprint density at radius 3 is 2.57 bits per heavy atom. The number of aromatic nitrogens is 1. The number of ether oxygens (including phenoxy) is 3. The van der Waals surface area contributed by atoms with Crippen molar-refractivity contribution in [3.8, 4) is 11.5 Å². The van der Waals surface area contributed by atoms with Crippen LogP contribution in [0.2, 0.25) is 0 Å². The minimum Gasteiger partial charge on any atom is -0.493 e.